The Morgan fingerprint density at radius 2 is 1.38 bits per heavy atom. The first-order valence-corrected chi connectivity index (χ1v) is 6.88. The van der Waals surface area contributed by atoms with Gasteiger partial charge in [0.25, 0.3) is 0 Å². The summed E-state index contributed by atoms with van der Waals surface area (Å²) in [5, 5.41) is 9.48. The minimum atomic E-state index is -0.940. The lowest BCUT2D eigenvalue weighted by Gasteiger charge is -2.20. The molecule has 0 saturated heterocycles. The van der Waals surface area contributed by atoms with Crippen molar-refractivity contribution in [1.29, 1.82) is 0 Å². The minimum Gasteiger partial charge on any atom is -0.481 e. The smallest absolute Gasteiger partial charge is 0.315 e. The zero-order valence-corrected chi connectivity index (χ0v) is 12.4. The van der Waals surface area contributed by atoms with Crippen molar-refractivity contribution in [3.05, 3.63) is 71.0 Å². The van der Waals surface area contributed by atoms with E-state index in [9.17, 15) is 14.3 Å². The van der Waals surface area contributed by atoms with E-state index >= 15 is 0 Å². The van der Waals surface area contributed by atoms with Gasteiger partial charge in [-0.2, -0.15) is 0 Å². The van der Waals surface area contributed by atoms with Crippen LogP contribution >= 0.6 is 0 Å². The molecule has 2 aromatic carbocycles. The van der Waals surface area contributed by atoms with Crippen LogP contribution in [0.25, 0.3) is 0 Å². The molecule has 0 fully saturated rings. The van der Waals surface area contributed by atoms with Crippen molar-refractivity contribution >= 4 is 5.97 Å². The zero-order chi connectivity index (χ0) is 15.6. The molecule has 0 spiro atoms. The number of hydrogen-bond acceptors (Lipinski definition) is 1. The highest BCUT2D eigenvalue weighted by Crippen LogP contribution is 2.28. The number of halogens is 1. The van der Waals surface area contributed by atoms with Gasteiger partial charge < -0.3 is 5.11 Å². The average molecular weight is 286 g/mol. The molecule has 3 heteroatoms. The molecule has 1 atom stereocenters. The summed E-state index contributed by atoms with van der Waals surface area (Å²) in [5.41, 5.74) is 2.44. The molecular weight excluding hydrogens is 267 g/mol. The van der Waals surface area contributed by atoms with Gasteiger partial charge in [0.05, 0.1) is 0 Å². The van der Waals surface area contributed by atoms with E-state index in [2.05, 4.69) is 20.8 Å². The van der Waals surface area contributed by atoms with Crippen molar-refractivity contribution in [2.75, 3.05) is 0 Å². The van der Waals surface area contributed by atoms with Crippen molar-refractivity contribution in [2.24, 2.45) is 0 Å². The summed E-state index contributed by atoms with van der Waals surface area (Å²) in [6.45, 7) is 6.32. The van der Waals surface area contributed by atoms with Crippen molar-refractivity contribution in [3.8, 4) is 0 Å². The van der Waals surface area contributed by atoms with E-state index in [1.54, 1.807) is 0 Å². The van der Waals surface area contributed by atoms with Gasteiger partial charge in [0.15, 0.2) is 0 Å². The van der Waals surface area contributed by atoms with Gasteiger partial charge in [-0.3, -0.25) is 4.79 Å². The first-order chi connectivity index (χ1) is 9.79. The lowest BCUT2D eigenvalue weighted by molar-refractivity contribution is -0.137. The maximum Gasteiger partial charge on any atom is 0.315 e. The summed E-state index contributed by atoms with van der Waals surface area (Å²) in [6, 6.07) is 13.2. The topological polar surface area (TPSA) is 37.3 Å². The summed E-state index contributed by atoms with van der Waals surface area (Å²) >= 11 is 0. The van der Waals surface area contributed by atoms with Crippen LogP contribution in [0.15, 0.2) is 48.5 Å². The van der Waals surface area contributed by atoms with Crippen molar-refractivity contribution in [3.63, 3.8) is 0 Å². The van der Waals surface area contributed by atoms with Crippen LogP contribution in [0.3, 0.4) is 0 Å². The monoisotopic (exact) mass is 286 g/mol. The number of hydrogen-bond donors (Lipinski definition) is 1. The van der Waals surface area contributed by atoms with E-state index in [1.807, 2.05) is 24.3 Å². The third kappa shape index (κ3) is 3.48. The Balaban J connectivity index is 2.39. The molecule has 0 aromatic heterocycles. The van der Waals surface area contributed by atoms with Crippen molar-refractivity contribution in [2.45, 2.75) is 32.1 Å². The third-order valence-electron chi connectivity index (χ3n) is 3.56. The van der Waals surface area contributed by atoms with Crippen LogP contribution in [0.2, 0.25) is 0 Å². The van der Waals surface area contributed by atoms with Gasteiger partial charge in [-0.05, 0) is 34.2 Å². The van der Waals surface area contributed by atoms with Crippen LogP contribution in [0.5, 0.6) is 0 Å². The fourth-order valence-electron chi connectivity index (χ4n) is 2.31. The molecule has 0 heterocycles. The molecule has 110 valence electrons. The van der Waals surface area contributed by atoms with E-state index in [1.165, 1.54) is 24.3 Å². The maximum absolute atomic E-state index is 13.0. The van der Waals surface area contributed by atoms with E-state index in [-0.39, 0.29) is 11.2 Å². The Morgan fingerprint density at radius 1 is 0.952 bits per heavy atom. The van der Waals surface area contributed by atoms with Crippen LogP contribution < -0.4 is 0 Å². The second-order valence-corrected chi connectivity index (χ2v) is 6.19. The van der Waals surface area contributed by atoms with Crippen LogP contribution in [0.1, 0.15) is 43.4 Å². The number of carbonyl (C=O) groups is 1. The van der Waals surface area contributed by atoms with Gasteiger partial charge in [-0.15, -0.1) is 0 Å². The van der Waals surface area contributed by atoms with Crippen LogP contribution in [-0.2, 0) is 10.2 Å². The molecule has 0 aliphatic rings. The molecule has 21 heavy (non-hydrogen) atoms. The predicted molar refractivity (Wildman–Crippen MR) is 81.0 cm³/mol. The quantitative estimate of drug-likeness (QED) is 0.911. The molecule has 1 N–H and O–H groups in total. The fraction of sp³-hybridized carbons (Fsp3) is 0.278. The molecule has 0 radical (unpaired) electrons. The molecule has 0 saturated carbocycles. The van der Waals surface area contributed by atoms with Crippen molar-refractivity contribution < 1.29 is 14.3 Å². The normalized spacial score (nSPS) is 13.0. The SMILES string of the molecule is CC(C)(C)c1ccc(C(C(=O)O)c2ccc(F)cc2)cc1. The summed E-state index contributed by atoms with van der Waals surface area (Å²) < 4.78 is 13.0. The fourth-order valence-corrected chi connectivity index (χ4v) is 2.31. The number of benzene rings is 2. The molecule has 2 rings (SSSR count). The highest BCUT2D eigenvalue weighted by molar-refractivity contribution is 5.80. The first kappa shape index (κ1) is 15.2. The molecule has 1 unspecified atom stereocenters. The van der Waals surface area contributed by atoms with E-state index in [0.717, 1.165) is 5.56 Å². The Labute approximate surface area is 124 Å². The second-order valence-electron chi connectivity index (χ2n) is 6.19. The van der Waals surface area contributed by atoms with Gasteiger partial charge >= 0.3 is 5.97 Å². The second kappa shape index (κ2) is 5.68. The van der Waals surface area contributed by atoms with E-state index in [0.29, 0.717) is 11.1 Å². The molecule has 0 amide bonds. The van der Waals surface area contributed by atoms with Gasteiger partial charge in [0.1, 0.15) is 11.7 Å². The summed E-state index contributed by atoms with van der Waals surface area (Å²) in [7, 11) is 0. The van der Waals surface area contributed by atoms with Crippen LogP contribution in [-0.4, -0.2) is 11.1 Å². The molecular formula is C18H19FO2. The minimum absolute atomic E-state index is 0.0210. The summed E-state index contributed by atoms with van der Waals surface area (Å²) in [5.74, 6) is -2.09. The Kier molecular flexibility index (Phi) is 4.12. The molecule has 0 aliphatic heterocycles. The van der Waals surface area contributed by atoms with Crippen LogP contribution in [0, 0.1) is 5.82 Å². The zero-order valence-electron chi connectivity index (χ0n) is 12.4. The van der Waals surface area contributed by atoms with E-state index < -0.39 is 11.9 Å². The first-order valence-electron chi connectivity index (χ1n) is 6.88. The summed E-state index contributed by atoms with van der Waals surface area (Å²) in [4.78, 5) is 11.6. The number of carboxylic acid groups (broad SMARTS) is 1. The van der Waals surface area contributed by atoms with Gasteiger partial charge in [0, 0.05) is 0 Å². The number of rotatable bonds is 3. The molecule has 0 aliphatic carbocycles. The number of carboxylic acids is 1. The van der Waals surface area contributed by atoms with Crippen LogP contribution in [0.4, 0.5) is 4.39 Å². The lowest BCUT2D eigenvalue weighted by atomic mass is 9.84. The standard InChI is InChI=1S/C18H19FO2/c1-18(2,3)14-8-4-12(5-9-14)16(17(20)21)13-6-10-15(19)11-7-13/h4-11,16H,1-3H3,(H,20,21). The average Bonchev–Trinajstić information content (AvgIpc) is 2.40. The highest BCUT2D eigenvalue weighted by atomic mass is 19.1. The Morgan fingerprint density at radius 3 is 1.76 bits per heavy atom. The Hall–Kier alpha value is -2.16. The third-order valence-corrected chi connectivity index (χ3v) is 3.56. The van der Waals surface area contributed by atoms with Crippen molar-refractivity contribution in [1.82, 2.24) is 0 Å². The Bertz CT molecular complexity index is 622. The lowest BCUT2D eigenvalue weighted by Crippen LogP contribution is -2.15. The van der Waals surface area contributed by atoms with E-state index in [4.69, 9.17) is 0 Å². The molecule has 2 aromatic rings. The predicted octanol–water partition coefficient (Wildman–Crippen LogP) is 4.34. The van der Waals surface area contributed by atoms with Gasteiger partial charge in [0.2, 0.25) is 0 Å². The number of aliphatic carboxylic acids is 1. The largest absolute Gasteiger partial charge is 0.481 e. The van der Waals surface area contributed by atoms with Gasteiger partial charge in [-0.1, -0.05) is 57.2 Å². The molecule has 2 nitrogen and oxygen atoms in total. The summed E-state index contributed by atoms with van der Waals surface area (Å²) in [6.07, 6.45) is 0. The molecule has 0 bridgehead atoms. The highest BCUT2D eigenvalue weighted by Gasteiger charge is 2.23. The van der Waals surface area contributed by atoms with Gasteiger partial charge in [-0.25, -0.2) is 4.39 Å². The maximum atomic E-state index is 13.0.